The van der Waals surface area contributed by atoms with Gasteiger partial charge in [-0.3, -0.25) is 4.90 Å². The van der Waals surface area contributed by atoms with Crippen LogP contribution in [0.25, 0.3) is 11.1 Å². The van der Waals surface area contributed by atoms with Gasteiger partial charge in [-0.15, -0.1) is 0 Å². The number of hydrogen-bond donors (Lipinski definition) is 0. The molecule has 0 fully saturated rings. The first kappa shape index (κ1) is 13.4. The maximum atomic E-state index is 2.33. The van der Waals surface area contributed by atoms with Crippen molar-refractivity contribution in [2.24, 2.45) is 0 Å². The summed E-state index contributed by atoms with van der Waals surface area (Å²) in [6.45, 7) is 6.91. The fraction of sp³-hybridized carbons (Fsp3) is 0.368. The van der Waals surface area contributed by atoms with E-state index in [1.807, 2.05) is 0 Å². The predicted octanol–water partition coefficient (Wildman–Crippen LogP) is 4.62. The molecule has 1 atom stereocenters. The molecule has 104 valence electrons. The van der Waals surface area contributed by atoms with Gasteiger partial charge in [0.1, 0.15) is 0 Å². The maximum Gasteiger partial charge on any atom is 0.0612 e. The van der Waals surface area contributed by atoms with Crippen LogP contribution >= 0.6 is 0 Å². The average Bonchev–Trinajstić information content (AvgIpc) is 2.71. The topological polar surface area (TPSA) is 3.24 Å². The number of fused-ring (bicyclic) bond motifs is 3. The van der Waals surface area contributed by atoms with Gasteiger partial charge in [0.15, 0.2) is 0 Å². The normalized spacial score (nSPS) is 17.2. The van der Waals surface area contributed by atoms with E-state index >= 15 is 0 Å². The smallest absolute Gasteiger partial charge is 0.0612 e. The highest BCUT2D eigenvalue weighted by Crippen LogP contribution is 2.49. The van der Waals surface area contributed by atoms with Crippen molar-refractivity contribution in [2.75, 3.05) is 14.1 Å². The van der Waals surface area contributed by atoms with Crippen LogP contribution in [0.1, 0.15) is 43.5 Å². The third kappa shape index (κ3) is 1.89. The van der Waals surface area contributed by atoms with Crippen LogP contribution in [0.2, 0.25) is 0 Å². The molecule has 0 aliphatic heterocycles. The number of hydrogen-bond acceptors (Lipinski definition) is 1. The van der Waals surface area contributed by atoms with Crippen molar-refractivity contribution < 1.29 is 0 Å². The summed E-state index contributed by atoms with van der Waals surface area (Å²) >= 11 is 0. The molecule has 20 heavy (non-hydrogen) atoms. The second kappa shape index (κ2) is 4.46. The maximum absolute atomic E-state index is 2.33. The lowest BCUT2D eigenvalue weighted by atomic mass is 9.81. The SMILES string of the molecule is CN(C)C1c2ccccc2-c2cccc(C(C)(C)C)c21. The Kier molecular flexibility index (Phi) is 2.98. The van der Waals surface area contributed by atoms with Crippen molar-refractivity contribution in [3.63, 3.8) is 0 Å². The first-order valence-corrected chi connectivity index (χ1v) is 7.30. The van der Waals surface area contributed by atoms with E-state index in [9.17, 15) is 0 Å². The Hall–Kier alpha value is -1.60. The zero-order valence-electron chi connectivity index (χ0n) is 13.1. The van der Waals surface area contributed by atoms with E-state index in [1.54, 1.807) is 0 Å². The highest BCUT2D eigenvalue weighted by molar-refractivity contribution is 5.80. The molecule has 2 aromatic carbocycles. The van der Waals surface area contributed by atoms with Gasteiger partial charge in [0.05, 0.1) is 6.04 Å². The quantitative estimate of drug-likeness (QED) is 0.727. The second-order valence-electron chi connectivity index (χ2n) is 6.97. The summed E-state index contributed by atoms with van der Waals surface area (Å²) in [6.07, 6.45) is 0. The summed E-state index contributed by atoms with van der Waals surface area (Å²) in [5.41, 5.74) is 7.36. The minimum absolute atomic E-state index is 0.168. The highest BCUT2D eigenvalue weighted by atomic mass is 15.1. The fourth-order valence-corrected chi connectivity index (χ4v) is 3.42. The largest absolute Gasteiger partial charge is 0.298 e. The molecule has 0 bridgehead atoms. The molecule has 0 N–H and O–H groups in total. The van der Waals surface area contributed by atoms with Crippen molar-refractivity contribution in [1.29, 1.82) is 0 Å². The minimum Gasteiger partial charge on any atom is -0.298 e. The molecular formula is C19H23N. The van der Waals surface area contributed by atoms with Gasteiger partial charge in [0.25, 0.3) is 0 Å². The predicted molar refractivity (Wildman–Crippen MR) is 86.1 cm³/mol. The van der Waals surface area contributed by atoms with Crippen molar-refractivity contribution in [2.45, 2.75) is 32.2 Å². The molecule has 1 unspecified atom stereocenters. The summed E-state index contributed by atoms with van der Waals surface area (Å²) in [5, 5.41) is 0. The Morgan fingerprint density at radius 1 is 0.850 bits per heavy atom. The lowest BCUT2D eigenvalue weighted by molar-refractivity contribution is 0.343. The third-order valence-corrected chi connectivity index (χ3v) is 4.25. The first-order chi connectivity index (χ1) is 9.41. The van der Waals surface area contributed by atoms with Crippen molar-refractivity contribution in [1.82, 2.24) is 4.90 Å². The van der Waals surface area contributed by atoms with Gasteiger partial charge in [-0.1, -0.05) is 63.2 Å². The molecule has 0 aromatic heterocycles. The summed E-state index contributed by atoms with van der Waals surface area (Å²) in [4.78, 5) is 2.33. The number of nitrogens with zero attached hydrogens (tertiary/aromatic N) is 1. The monoisotopic (exact) mass is 265 g/mol. The molecule has 0 heterocycles. The highest BCUT2D eigenvalue weighted by Gasteiger charge is 2.34. The average molecular weight is 265 g/mol. The Bertz CT molecular complexity index is 647. The van der Waals surface area contributed by atoms with Crippen LogP contribution in [0.15, 0.2) is 42.5 Å². The van der Waals surface area contributed by atoms with E-state index in [1.165, 1.54) is 27.8 Å². The molecule has 0 saturated carbocycles. The summed E-state index contributed by atoms with van der Waals surface area (Å²) in [6, 6.07) is 16.0. The zero-order chi connectivity index (χ0) is 14.5. The van der Waals surface area contributed by atoms with E-state index in [0.29, 0.717) is 6.04 Å². The van der Waals surface area contributed by atoms with Gasteiger partial charge < -0.3 is 0 Å². The van der Waals surface area contributed by atoms with Gasteiger partial charge in [-0.2, -0.15) is 0 Å². The van der Waals surface area contributed by atoms with Gasteiger partial charge in [-0.25, -0.2) is 0 Å². The molecule has 0 radical (unpaired) electrons. The molecule has 0 spiro atoms. The van der Waals surface area contributed by atoms with Gasteiger partial charge in [0.2, 0.25) is 0 Å². The minimum atomic E-state index is 0.168. The third-order valence-electron chi connectivity index (χ3n) is 4.25. The van der Waals surface area contributed by atoms with Crippen LogP contribution in [0.4, 0.5) is 0 Å². The molecular weight excluding hydrogens is 242 g/mol. The second-order valence-corrected chi connectivity index (χ2v) is 6.97. The molecule has 0 saturated heterocycles. The zero-order valence-corrected chi connectivity index (χ0v) is 13.1. The Morgan fingerprint density at radius 2 is 1.50 bits per heavy atom. The molecule has 3 rings (SSSR count). The van der Waals surface area contributed by atoms with Crippen LogP contribution in [-0.4, -0.2) is 19.0 Å². The Labute approximate surface area is 122 Å². The number of rotatable bonds is 1. The van der Waals surface area contributed by atoms with Crippen LogP contribution < -0.4 is 0 Å². The molecule has 1 aliphatic carbocycles. The van der Waals surface area contributed by atoms with Crippen LogP contribution in [0.5, 0.6) is 0 Å². The van der Waals surface area contributed by atoms with Gasteiger partial charge >= 0.3 is 0 Å². The lowest BCUT2D eigenvalue weighted by Gasteiger charge is -2.29. The van der Waals surface area contributed by atoms with Crippen LogP contribution in [0.3, 0.4) is 0 Å². The van der Waals surface area contributed by atoms with Crippen molar-refractivity contribution in [3.05, 3.63) is 59.2 Å². The van der Waals surface area contributed by atoms with E-state index in [-0.39, 0.29) is 5.41 Å². The molecule has 1 heteroatoms. The lowest BCUT2D eigenvalue weighted by Crippen LogP contribution is -2.23. The summed E-state index contributed by atoms with van der Waals surface area (Å²) in [7, 11) is 4.35. The Balaban J connectivity index is 2.33. The fourth-order valence-electron chi connectivity index (χ4n) is 3.42. The van der Waals surface area contributed by atoms with Crippen molar-refractivity contribution in [3.8, 4) is 11.1 Å². The van der Waals surface area contributed by atoms with Crippen LogP contribution in [-0.2, 0) is 5.41 Å². The molecule has 1 nitrogen and oxygen atoms in total. The molecule has 0 amide bonds. The van der Waals surface area contributed by atoms with Gasteiger partial charge in [-0.05, 0) is 47.3 Å². The molecule has 2 aromatic rings. The summed E-state index contributed by atoms with van der Waals surface area (Å²) in [5.74, 6) is 0. The molecule has 1 aliphatic rings. The van der Waals surface area contributed by atoms with Gasteiger partial charge in [0, 0.05) is 0 Å². The van der Waals surface area contributed by atoms with E-state index in [4.69, 9.17) is 0 Å². The van der Waals surface area contributed by atoms with E-state index in [0.717, 1.165) is 0 Å². The van der Waals surface area contributed by atoms with Crippen LogP contribution in [0, 0.1) is 0 Å². The van der Waals surface area contributed by atoms with Crippen molar-refractivity contribution >= 4 is 0 Å². The van der Waals surface area contributed by atoms with E-state index < -0.39 is 0 Å². The number of benzene rings is 2. The summed E-state index contributed by atoms with van der Waals surface area (Å²) < 4.78 is 0. The standard InChI is InChI=1S/C19H23N/c1-19(2,3)16-12-8-11-14-13-9-6-7-10-15(13)18(17(14)16)20(4)5/h6-12,18H,1-5H3. The Morgan fingerprint density at radius 3 is 2.15 bits per heavy atom. The van der Waals surface area contributed by atoms with E-state index in [2.05, 4.69) is 82.2 Å². The first-order valence-electron chi connectivity index (χ1n) is 7.30.